The summed E-state index contributed by atoms with van der Waals surface area (Å²) in [7, 11) is 1.83. The molecule has 4 unspecified atom stereocenters. The van der Waals surface area contributed by atoms with Crippen LogP contribution in [-0.2, 0) is 9.59 Å². The van der Waals surface area contributed by atoms with Gasteiger partial charge in [0.05, 0.1) is 5.92 Å². The molecule has 1 saturated carbocycles. The SMILES string of the molecule is CCN(C)C(=O)C1CC(=O)N(C2CC(C)CCC2C(C)C)C1. The zero-order chi connectivity index (χ0) is 16.4. The lowest BCUT2D eigenvalue weighted by molar-refractivity contribution is -0.134. The van der Waals surface area contributed by atoms with Crippen molar-refractivity contribution in [3.63, 3.8) is 0 Å². The number of hydrogen-bond donors (Lipinski definition) is 0. The first kappa shape index (κ1) is 17.3. The summed E-state index contributed by atoms with van der Waals surface area (Å²) in [4.78, 5) is 28.7. The molecular weight excluding hydrogens is 276 g/mol. The van der Waals surface area contributed by atoms with E-state index in [1.807, 2.05) is 18.9 Å². The first-order valence-corrected chi connectivity index (χ1v) is 8.89. The van der Waals surface area contributed by atoms with Gasteiger partial charge in [-0.1, -0.05) is 27.2 Å². The van der Waals surface area contributed by atoms with E-state index < -0.39 is 0 Å². The third-order valence-electron chi connectivity index (χ3n) is 5.75. The van der Waals surface area contributed by atoms with E-state index in [1.165, 1.54) is 12.8 Å². The van der Waals surface area contributed by atoms with Gasteiger partial charge in [-0.05, 0) is 37.5 Å². The molecule has 0 bridgehead atoms. The molecule has 0 N–H and O–H groups in total. The number of carbonyl (C=O) groups excluding carboxylic acids is 2. The van der Waals surface area contributed by atoms with E-state index in [2.05, 4.69) is 20.8 Å². The Morgan fingerprint density at radius 2 is 2.05 bits per heavy atom. The number of hydrogen-bond acceptors (Lipinski definition) is 2. The van der Waals surface area contributed by atoms with E-state index in [-0.39, 0.29) is 17.7 Å². The molecule has 1 heterocycles. The minimum absolute atomic E-state index is 0.128. The van der Waals surface area contributed by atoms with E-state index in [0.717, 1.165) is 6.42 Å². The maximum Gasteiger partial charge on any atom is 0.227 e. The zero-order valence-electron chi connectivity index (χ0n) is 14.8. The molecule has 2 fully saturated rings. The summed E-state index contributed by atoms with van der Waals surface area (Å²) in [6, 6.07) is 0.334. The van der Waals surface area contributed by atoms with E-state index in [0.29, 0.717) is 43.3 Å². The van der Waals surface area contributed by atoms with Gasteiger partial charge in [-0.25, -0.2) is 0 Å². The third kappa shape index (κ3) is 3.47. The normalized spacial score (nSPS) is 32.6. The predicted octanol–water partition coefficient (Wildman–Crippen LogP) is 2.77. The van der Waals surface area contributed by atoms with Crippen LogP contribution in [0.5, 0.6) is 0 Å². The average Bonchev–Trinajstić information content (AvgIpc) is 2.87. The van der Waals surface area contributed by atoms with Crippen LogP contribution in [0.4, 0.5) is 0 Å². The fourth-order valence-electron chi connectivity index (χ4n) is 4.20. The van der Waals surface area contributed by atoms with Crippen LogP contribution in [-0.4, -0.2) is 47.8 Å². The highest BCUT2D eigenvalue weighted by Gasteiger charge is 2.43. The molecule has 126 valence electrons. The van der Waals surface area contributed by atoms with Gasteiger partial charge in [-0.2, -0.15) is 0 Å². The molecule has 4 heteroatoms. The van der Waals surface area contributed by atoms with Crippen molar-refractivity contribution in [3.05, 3.63) is 0 Å². The van der Waals surface area contributed by atoms with Crippen LogP contribution in [0.15, 0.2) is 0 Å². The topological polar surface area (TPSA) is 40.6 Å². The largest absolute Gasteiger partial charge is 0.346 e. The van der Waals surface area contributed by atoms with Gasteiger partial charge in [0.2, 0.25) is 11.8 Å². The van der Waals surface area contributed by atoms with Crippen molar-refractivity contribution in [1.29, 1.82) is 0 Å². The molecule has 22 heavy (non-hydrogen) atoms. The van der Waals surface area contributed by atoms with E-state index in [9.17, 15) is 9.59 Å². The van der Waals surface area contributed by atoms with Crippen LogP contribution >= 0.6 is 0 Å². The molecule has 1 saturated heterocycles. The summed E-state index contributed by atoms with van der Waals surface area (Å²) in [5.41, 5.74) is 0. The number of nitrogens with zero attached hydrogens (tertiary/aromatic N) is 2. The van der Waals surface area contributed by atoms with Gasteiger partial charge in [-0.3, -0.25) is 9.59 Å². The molecule has 0 aromatic carbocycles. The lowest BCUT2D eigenvalue weighted by atomic mass is 9.73. The first-order chi connectivity index (χ1) is 10.3. The molecule has 0 aromatic heterocycles. The second-order valence-corrected chi connectivity index (χ2v) is 7.69. The van der Waals surface area contributed by atoms with Gasteiger partial charge in [0, 0.05) is 32.6 Å². The molecule has 0 spiro atoms. The van der Waals surface area contributed by atoms with E-state index in [1.54, 1.807) is 4.90 Å². The molecule has 1 aliphatic heterocycles. The van der Waals surface area contributed by atoms with Crippen LogP contribution in [0.25, 0.3) is 0 Å². The van der Waals surface area contributed by atoms with Crippen molar-refractivity contribution in [2.24, 2.45) is 23.7 Å². The van der Waals surface area contributed by atoms with Gasteiger partial charge in [0.15, 0.2) is 0 Å². The summed E-state index contributed by atoms with van der Waals surface area (Å²) < 4.78 is 0. The highest BCUT2D eigenvalue weighted by molar-refractivity contribution is 5.89. The van der Waals surface area contributed by atoms with E-state index >= 15 is 0 Å². The maximum atomic E-state index is 12.5. The smallest absolute Gasteiger partial charge is 0.227 e. The van der Waals surface area contributed by atoms with Crippen molar-refractivity contribution in [3.8, 4) is 0 Å². The molecule has 4 atom stereocenters. The number of amides is 2. The Bertz CT molecular complexity index is 421. The standard InChI is InChI=1S/C18H32N2O2/c1-6-19(5)18(22)14-10-17(21)20(11-14)16-9-13(4)7-8-15(16)12(2)3/h12-16H,6-11H2,1-5H3. The highest BCUT2D eigenvalue weighted by atomic mass is 16.2. The van der Waals surface area contributed by atoms with Gasteiger partial charge in [0.25, 0.3) is 0 Å². The number of likely N-dealkylation sites (tertiary alicyclic amines) is 1. The fraction of sp³-hybridized carbons (Fsp3) is 0.889. The molecule has 0 radical (unpaired) electrons. The Kier molecular flexibility index (Phi) is 5.51. The molecule has 2 aliphatic rings. The second-order valence-electron chi connectivity index (χ2n) is 7.69. The first-order valence-electron chi connectivity index (χ1n) is 8.89. The molecule has 4 nitrogen and oxygen atoms in total. The minimum atomic E-state index is -0.137. The molecule has 0 aromatic rings. The van der Waals surface area contributed by atoms with Crippen LogP contribution in [0.3, 0.4) is 0 Å². The predicted molar refractivity (Wildman–Crippen MR) is 88.3 cm³/mol. The molecular formula is C18H32N2O2. The number of carbonyl (C=O) groups is 2. The highest BCUT2D eigenvalue weighted by Crippen LogP contribution is 2.38. The molecule has 2 rings (SSSR count). The van der Waals surface area contributed by atoms with Gasteiger partial charge < -0.3 is 9.80 Å². The zero-order valence-corrected chi connectivity index (χ0v) is 14.8. The van der Waals surface area contributed by atoms with Crippen molar-refractivity contribution >= 4 is 11.8 Å². The molecule has 1 aliphatic carbocycles. The maximum absolute atomic E-state index is 12.5. The van der Waals surface area contributed by atoms with Crippen molar-refractivity contribution in [2.75, 3.05) is 20.1 Å². The van der Waals surface area contributed by atoms with Crippen LogP contribution < -0.4 is 0 Å². The summed E-state index contributed by atoms with van der Waals surface area (Å²) in [5.74, 6) is 2.04. The Labute approximate surface area is 135 Å². The van der Waals surface area contributed by atoms with Crippen molar-refractivity contribution < 1.29 is 9.59 Å². The summed E-state index contributed by atoms with van der Waals surface area (Å²) in [6.45, 7) is 10.1. The lowest BCUT2D eigenvalue weighted by Gasteiger charge is -2.42. The Morgan fingerprint density at radius 1 is 1.36 bits per heavy atom. The van der Waals surface area contributed by atoms with Crippen molar-refractivity contribution in [2.45, 2.75) is 59.4 Å². The Hall–Kier alpha value is -1.06. The molecule has 2 amide bonds. The summed E-state index contributed by atoms with van der Waals surface area (Å²) in [6.07, 6.45) is 3.97. The Balaban J connectivity index is 2.10. The van der Waals surface area contributed by atoms with Gasteiger partial charge in [0.1, 0.15) is 0 Å². The average molecular weight is 308 g/mol. The fourth-order valence-corrected chi connectivity index (χ4v) is 4.20. The van der Waals surface area contributed by atoms with E-state index in [4.69, 9.17) is 0 Å². The second kappa shape index (κ2) is 7.01. The third-order valence-corrected chi connectivity index (χ3v) is 5.75. The Morgan fingerprint density at radius 3 is 2.64 bits per heavy atom. The minimum Gasteiger partial charge on any atom is -0.346 e. The summed E-state index contributed by atoms with van der Waals surface area (Å²) >= 11 is 0. The van der Waals surface area contributed by atoms with Gasteiger partial charge >= 0.3 is 0 Å². The summed E-state index contributed by atoms with van der Waals surface area (Å²) in [5, 5.41) is 0. The number of rotatable bonds is 4. The lowest BCUT2D eigenvalue weighted by Crippen LogP contribution is -2.47. The monoisotopic (exact) mass is 308 g/mol. The quantitative estimate of drug-likeness (QED) is 0.801. The van der Waals surface area contributed by atoms with Gasteiger partial charge in [-0.15, -0.1) is 0 Å². The van der Waals surface area contributed by atoms with Crippen molar-refractivity contribution in [1.82, 2.24) is 9.80 Å². The van der Waals surface area contributed by atoms with Crippen LogP contribution in [0, 0.1) is 23.7 Å². The van der Waals surface area contributed by atoms with Crippen LogP contribution in [0.1, 0.15) is 53.4 Å². The van der Waals surface area contributed by atoms with Crippen LogP contribution in [0.2, 0.25) is 0 Å².